The van der Waals surface area contributed by atoms with Crippen molar-refractivity contribution in [2.45, 2.75) is 13.5 Å². The fraction of sp³-hybridized carbons (Fsp3) is 0.0909. The van der Waals surface area contributed by atoms with Crippen LogP contribution in [-0.2, 0) is 6.61 Å². The summed E-state index contributed by atoms with van der Waals surface area (Å²) in [5.74, 6) is 0.909. The van der Waals surface area contributed by atoms with Gasteiger partial charge in [-0.15, -0.1) is 0 Å². The van der Waals surface area contributed by atoms with Crippen molar-refractivity contribution in [2.75, 3.05) is 0 Å². The predicted octanol–water partition coefficient (Wildman–Crippen LogP) is 5.74. The largest absolute Gasteiger partial charge is 0.488 e. The van der Waals surface area contributed by atoms with Crippen LogP contribution in [0.5, 0.6) is 5.75 Å². The van der Waals surface area contributed by atoms with Crippen LogP contribution in [0.15, 0.2) is 78.9 Å². The Morgan fingerprint density at radius 2 is 1.48 bits per heavy atom. The summed E-state index contributed by atoms with van der Waals surface area (Å²) in [5.41, 5.74) is 4.68. The molecule has 0 heterocycles. The molecule has 0 bridgehead atoms. The topological polar surface area (TPSA) is 9.23 Å². The van der Waals surface area contributed by atoms with Crippen molar-refractivity contribution < 1.29 is 4.74 Å². The normalized spacial score (nSPS) is 10.8. The quantitative estimate of drug-likeness (QED) is 0.546. The maximum absolute atomic E-state index is 6.02. The van der Waals surface area contributed by atoms with E-state index in [1.165, 1.54) is 16.7 Å². The Hall–Kier alpha value is -2.80. The number of rotatable bonds is 5. The van der Waals surface area contributed by atoms with E-state index in [0.29, 0.717) is 6.61 Å². The number of hydrogen-bond acceptors (Lipinski definition) is 1. The molecule has 0 saturated heterocycles. The molecule has 0 atom stereocenters. The number of ether oxygens (including phenoxy) is 1. The van der Waals surface area contributed by atoms with E-state index < -0.39 is 0 Å². The maximum Gasteiger partial charge on any atom is 0.127 e. The van der Waals surface area contributed by atoms with Gasteiger partial charge in [0.1, 0.15) is 12.4 Å². The molecule has 0 radical (unpaired) electrons. The van der Waals surface area contributed by atoms with Crippen LogP contribution in [-0.4, -0.2) is 0 Å². The van der Waals surface area contributed by atoms with Gasteiger partial charge in [0.2, 0.25) is 0 Å². The molecule has 0 aliphatic rings. The van der Waals surface area contributed by atoms with E-state index in [0.717, 1.165) is 11.3 Å². The van der Waals surface area contributed by atoms with Gasteiger partial charge in [-0.2, -0.15) is 0 Å². The van der Waals surface area contributed by atoms with Gasteiger partial charge >= 0.3 is 0 Å². The summed E-state index contributed by atoms with van der Waals surface area (Å²) in [6.45, 7) is 2.68. The molecule has 0 saturated carbocycles. The Bertz CT molecular complexity index is 774. The summed E-state index contributed by atoms with van der Waals surface area (Å²) in [5, 5.41) is 0. The second kappa shape index (κ2) is 7.46. The first kappa shape index (κ1) is 15.1. The lowest BCUT2D eigenvalue weighted by molar-refractivity contribution is 0.305. The highest BCUT2D eigenvalue weighted by Crippen LogP contribution is 2.23. The Morgan fingerprint density at radius 3 is 2.22 bits per heavy atom. The first-order valence-electron chi connectivity index (χ1n) is 7.82. The molecule has 0 aromatic heterocycles. The van der Waals surface area contributed by atoms with Crippen LogP contribution >= 0.6 is 0 Å². The average Bonchev–Trinajstić information content (AvgIpc) is 2.61. The Kier molecular flexibility index (Phi) is 4.90. The van der Waals surface area contributed by atoms with Gasteiger partial charge in [-0.1, -0.05) is 84.4 Å². The second-order valence-electron chi connectivity index (χ2n) is 5.56. The van der Waals surface area contributed by atoms with Crippen molar-refractivity contribution in [3.8, 4) is 5.75 Å². The molecule has 0 spiro atoms. The lowest BCUT2D eigenvalue weighted by atomic mass is 10.1. The standard InChI is InChI=1S/C22H20O/c1-18-12-15-22(23-17-20-10-6-3-7-11-20)21(16-18)14-13-19-8-4-2-5-9-19/h2-16H,17H2,1H3. The summed E-state index contributed by atoms with van der Waals surface area (Å²) < 4.78 is 6.02. The lowest BCUT2D eigenvalue weighted by Crippen LogP contribution is -1.97. The molecule has 0 N–H and O–H groups in total. The number of aryl methyl sites for hydroxylation is 1. The molecule has 3 aromatic rings. The van der Waals surface area contributed by atoms with Crippen LogP contribution in [0.1, 0.15) is 22.3 Å². The minimum absolute atomic E-state index is 0.579. The SMILES string of the molecule is Cc1ccc(OCc2ccccc2)c(C=Cc2ccccc2)c1. The molecule has 114 valence electrons. The Labute approximate surface area is 137 Å². The van der Waals surface area contributed by atoms with Crippen molar-refractivity contribution >= 4 is 12.2 Å². The first-order chi connectivity index (χ1) is 11.3. The van der Waals surface area contributed by atoms with Gasteiger partial charge in [0.05, 0.1) is 0 Å². The summed E-state index contributed by atoms with van der Waals surface area (Å²) in [7, 11) is 0. The zero-order valence-corrected chi connectivity index (χ0v) is 13.3. The van der Waals surface area contributed by atoms with Gasteiger partial charge < -0.3 is 4.74 Å². The van der Waals surface area contributed by atoms with Crippen LogP contribution in [0.2, 0.25) is 0 Å². The molecular formula is C22H20O. The van der Waals surface area contributed by atoms with E-state index in [-0.39, 0.29) is 0 Å². The highest BCUT2D eigenvalue weighted by atomic mass is 16.5. The molecule has 0 fully saturated rings. The van der Waals surface area contributed by atoms with E-state index in [1.54, 1.807) is 0 Å². The van der Waals surface area contributed by atoms with Gasteiger partial charge in [0, 0.05) is 5.56 Å². The summed E-state index contributed by atoms with van der Waals surface area (Å²) >= 11 is 0. The van der Waals surface area contributed by atoms with Crippen LogP contribution in [0.3, 0.4) is 0 Å². The fourth-order valence-corrected chi connectivity index (χ4v) is 2.42. The van der Waals surface area contributed by atoms with Crippen molar-refractivity contribution in [1.82, 2.24) is 0 Å². The van der Waals surface area contributed by atoms with Crippen molar-refractivity contribution in [3.05, 3.63) is 101 Å². The molecule has 0 unspecified atom stereocenters. The van der Waals surface area contributed by atoms with Gasteiger partial charge in [0.15, 0.2) is 0 Å². The van der Waals surface area contributed by atoms with Gasteiger partial charge in [-0.3, -0.25) is 0 Å². The Morgan fingerprint density at radius 1 is 0.783 bits per heavy atom. The van der Waals surface area contributed by atoms with Crippen LogP contribution in [0, 0.1) is 6.92 Å². The Balaban J connectivity index is 1.79. The number of hydrogen-bond donors (Lipinski definition) is 0. The van der Waals surface area contributed by atoms with E-state index in [9.17, 15) is 0 Å². The number of benzene rings is 3. The van der Waals surface area contributed by atoms with Crippen LogP contribution < -0.4 is 4.74 Å². The van der Waals surface area contributed by atoms with E-state index in [2.05, 4.69) is 55.5 Å². The monoisotopic (exact) mass is 300 g/mol. The van der Waals surface area contributed by atoms with Gasteiger partial charge in [-0.05, 0) is 30.2 Å². The molecule has 1 heteroatoms. The third-order valence-electron chi connectivity index (χ3n) is 3.66. The minimum atomic E-state index is 0.579. The van der Waals surface area contributed by atoms with Gasteiger partial charge in [0.25, 0.3) is 0 Å². The summed E-state index contributed by atoms with van der Waals surface area (Å²) in [4.78, 5) is 0. The molecule has 1 nitrogen and oxygen atoms in total. The zero-order valence-electron chi connectivity index (χ0n) is 13.3. The molecule has 0 amide bonds. The molecule has 3 rings (SSSR count). The molecular weight excluding hydrogens is 280 g/mol. The van der Waals surface area contributed by atoms with E-state index >= 15 is 0 Å². The molecule has 23 heavy (non-hydrogen) atoms. The van der Waals surface area contributed by atoms with Crippen molar-refractivity contribution in [2.24, 2.45) is 0 Å². The molecule has 3 aromatic carbocycles. The minimum Gasteiger partial charge on any atom is -0.488 e. The van der Waals surface area contributed by atoms with Crippen molar-refractivity contribution in [3.63, 3.8) is 0 Å². The lowest BCUT2D eigenvalue weighted by Gasteiger charge is -2.10. The highest BCUT2D eigenvalue weighted by Gasteiger charge is 2.02. The van der Waals surface area contributed by atoms with Crippen LogP contribution in [0.25, 0.3) is 12.2 Å². The van der Waals surface area contributed by atoms with E-state index in [1.807, 2.05) is 42.5 Å². The second-order valence-corrected chi connectivity index (χ2v) is 5.56. The summed E-state index contributed by atoms with van der Waals surface area (Å²) in [6, 6.07) is 26.8. The highest BCUT2D eigenvalue weighted by molar-refractivity contribution is 5.72. The third kappa shape index (κ3) is 4.33. The van der Waals surface area contributed by atoms with Gasteiger partial charge in [-0.25, -0.2) is 0 Å². The zero-order chi connectivity index (χ0) is 15.9. The van der Waals surface area contributed by atoms with E-state index in [4.69, 9.17) is 4.74 Å². The molecule has 0 aliphatic carbocycles. The first-order valence-corrected chi connectivity index (χ1v) is 7.82. The summed E-state index contributed by atoms with van der Waals surface area (Å²) in [6.07, 6.45) is 4.23. The molecule has 0 aliphatic heterocycles. The average molecular weight is 300 g/mol. The smallest absolute Gasteiger partial charge is 0.127 e. The fourth-order valence-electron chi connectivity index (χ4n) is 2.42. The third-order valence-corrected chi connectivity index (χ3v) is 3.66. The predicted molar refractivity (Wildman–Crippen MR) is 97.3 cm³/mol. The maximum atomic E-state index is 6.02. The van der Waals surface area contributed by atoms with Crippen LogP contribution in [0.4, 0.5) is 0 Å². The van der Waals surface area contributed by atoms with Crippen molar-refractivity contribution in [1.29, 1.82) is 0 Å².